The van der Waals surface area contributed by atoms with Crippen molar-refractivity contribution in [2.24, 2.45) is 5.92 Å². The second-order valence-electron chi connectivity index (χ2n) is 6.57. The van der Waals surface area contributed by atoms with Gasteiger partial charge in [0, 0.05) is 18.7 Å². The van der Waals surface area contributed by atoms with Crippen molar-refractivity contribution in [2.45, 2.75) is 26.2 Å². The molecule has 1 aromatic heterocycles. The van der Waals surface area contributed by atoms with Gasteiger partial charge in [0.25, 0.3) is 5.69 Å². The van der Waals surface area contributed by atoms with E-state index in [0.717, 1.165) is 43.9 Å². The Morgan fingerprint density at radius 2 is 2.08 bits per heavy atom. The summed E-state index contributed by atoms with van der Waals surface area (Å²) in [5, 5.41) is 10.9. The van der Waals surface area contributed by atoms with Crippen molar-refractivity contribution >= 4 is 11.5 Å². The Morgan fingerprint density at radius 3 is 2.72 bits per heavy atom. The Morgan fingerprint density at radius 1 is 1.32 bits per heavy atom. The van der Waals surface area contributed by atoms with Gasteiger partial charge in [0.05, 0.1) is 12.0 Å². The van der Waals surface area contributed by atoms with Crippen LogP contribution in [0.4, 0.5) is 11.5 Å². The van der Waals surface area contributed by atoms with Gasteiger partial charge in [-0.2, -0.15) is 0 Å². The number of nitro groups is 1. The number of methoxy groups -OCH3 is 1. The van der Waals surface area contributed by atoms with Crippen LogP contribution in [-0.2, 0) is 6.42 Å². The number of benzene rings is 1. The smallest absolute Gasteiger partial charge is 0.290 e. The maximum absolute atomic E-state index is 10.9. The van der Waals surface area contributed by atoms with E-state index in [9.17, 15) is 10.1 Å². The van der Waals surface area contributed by atoms with E-state index < -0.39 is 0 Å². The minimum atomic E-state index is -0.382. The molecule has 1 saturated heterocycles. The van der Waals surface area contributed by atoms with Crippen LogP contribution < -0.4 is 9.64 Å². The molecule has 6 nitrogen and oxygen atoms in total. The van der Waals surface area contributed by atoms with Gasteiger partial charge in [-0.15, -0.1) is 0 Å². The van der Waals surface area contributed by atoms with E-state index in [2.05, 4.69) is 22.0 Å². The quantitative estimate of drug-likeness (QED) is 0.612. The van der Waals surface area contributed by atoms with E-state index in [-0.39, 0.29) is 10.6 Å². The number of ether oxygens (including phenoxy) is 1. The molecule has 1 aliphatic rings. The summed E-state index contributed by atoms with van der Waals surface area (Å²) in [4.78, 5) is 17.0. The fourth-order valence-electron chi connectivity index (χ4n) is 3.40. The number of aryl methyl sites for hydroxylation is 1. The molecule has 3 rings (SSSR count). The van der Waals surface area contributed by atoms with Crippen molar-refractivity contribution in [3.8, 4) is 5.75 Å². The fourth-order valence-corrected chi connectivity index (χ4v) is 3.40. The molecule has 0 N–H and O–H groups in total. The average molecular weight is 341 g/mol. The van der Waals surface area contributed by atoms with Crippen LogP contribution in [0, 0.1) is 23.0 Å². The van der Waals surface area contributed by atoms with Crippen LogP contribution in [0.5, 0.6) is 5.75 Å². The number of rotatable bonds is 5. The lowest BCUT2D eigenvalue weighted by Gasteiger charge is -2.33. The summed E-state index contributed by atoms with van der Waals surface area (Å²) in [6.45, 7) is 3.62. The Kier molecular flexibility index (Phi) is 5.16. The van der Waals surface area contributed by atoms with Crippen LogP contribution in [0.1, 0.15) is 24.0 Å². The van der Waals surface area contributed by atoms with E-state index in [1.807, 2.05) is 18.2 Å². The van der Waals surface area contributed by atoms with Crippen molar-refractivity contribution in [2.75, 3.05) is 25.1 Å². The van der Waals surface area contributed by atoms with Gasteiger partial charge in [-0.1, -0.05) is 12.1 Å². The van der Waals surface area contributed by atoms with Gasteiger partial charge in [-0.25, -0.2) is 4.98 Å². The molecule has 132 valence electrons. The molecule has 0 spiro atoms. The molecule has 0 radical (unpaired) electrons. The third-order valence-electron chi connectivity index (χ3n) is 4.86. The van der Waals surface area contributed by atoms with Gasteiger partial charge < -0.3 is 9.64 Å². The molecule has 25 heavy (non-hydrogen) atoms. The summed E-state index contributed by atoms with van der Waals surface area (Å²) in [5.41, 5.74) is 2.05. The van der Waals surface area contributed by atoms with Crippen LogP contribution in [0.3, 0.4) is 0 Å². The normalized spacial score (nSPS) is 15.2. The standard InChI is InChI=1S/C19H23N3O3/c1-14-10-19(20-13-18(14)22(23)24)21-8-6-15(7-9-21)11-16-4-3-5-17(12-16)25-2/h3-5,10,12-13,15H,6-9,11H2,1-2H3. The molecule has 0 unspecified atom stereocenters. The lowest BCUT2D eigenvalue weighted by atomic mass is 9.90. The first-order valence-corrected chi connectivity index (χ1v) is 8.55. The highest BCUT2D eigenvalue weighted by Crippen LogP contribution is 2.28. The van der Waals surface area contributed by atoms with Crippen LogP contribution in [0.2, 0.25) is 0 Å². The summed E-state index contributed by atoms with van der Waals surface area (Å²) >= 11 is 0. The van der Waals surface area contributed by atoms with Crippen molar-refractivity contribution < 1.29 is 9.66 Å². The summed E-state index contributed by atoms with van der Waals surface area (Å²) in [5.74, 6) is 2.38. The molecule has 1 aliphatic heterocycles. The number of aromatic nitrogens is 1. The summed E-state index contributed by atoms with van der Waals surface area (Å²) in [6, 6.07) is 10.1. The van der Waals surface area contributed by atoms with Gasteiger partial charge >= 0.3 is 0 Å². The molecule has 6 heteroatoms. The van der Waals surface area contributed by atoms with Crippen molar-refractivity contribution in [3.05, 3.63) is 57.8 Å². The number of nitrogens with zero attached hydrogens (tertiary/aromatic N) is 3. The second-order valence-corrected chi connectivity index (χ2v) is 6.57. The SMILES string of the molecule is COc1cccc(CC2CCN(c3cc(C)c([N+](=O)[O-])cn3)CC2)c1. The maximum atomic E-state index is 10.9. The predicted octanol–water partition coefficient (Wildman–Crippen LogP) is 3.77. The van der Waals surface area contributed by atoms with E-state index in [1.54, 1.807) is 14.0 Å². The number of piperidine rings is 1. The average Bonchev–Trinajstić information content (AvgIpc) is 2.62. The van der Waals surface area contributed by atoms with Gasteiger partial charge in [-0.3, -0.25) is 10.1 Å². The molecule has 2 aromatic rings. The number of hydrogen-bond acceptors (Lipinski definition) is 5. The Balaban J connectivity index is 1.60. The number of anilines is 1. The van der Waals surface area contributed by atoms with Crippen LogP contribution in [0.25, 0.3) is 0 Å². The molecule has 1 aromatic carbocycles. The zero-order valence-corrected chi connectivity index (χ0v) is 14.6. The minimum absolute atomic E-state index is 0.0802. The molecule has 1 fully saturated rings. The van der Waals surface area contributed by atoms with E-state index >= 15 is 0 Å². The largest absolute Gasteiger partial charge is 0.497 e. The highest BCUT2D eigenvalue weighted by atomic mass is 16.6. The first-order chi connectivity index (χ1) is 12.1. The first kappa shape index (κ1) is 17.2. The predicted molar refractivity (Wildman–Crippen MR) is 97.3 cm³/mol. The molecule has 0 atom stereocenters. The monoisotopic (exact) mass is 341 g/mol. The molecular weight excluding hydrogens is 318 g/mol. The Bertz CT molecular complexity index is 755. The Labute approximate surface area is 147 Å². The third-order valence-corrected chi connectivity index (χ3v) is 4.86. The van der Waals surface area contributed by atoms with Crippen LogP contribution >= 0.6 is 0 Å². The van der Waals surface area contributed by atoms with E-state index in [4.69, 9.17) is 4.74 Å². The summed E-state index contributed by atoms with van der Waals surface area (Å²) < 4.78 is 5.29. The molecule has 0 saturated carbocycles. The van der Waals surface area contributed by atoms with Gasteiger partial charge in [-0.05, 0) is 55.9 Å². The van der Waals surface area contributed by atoms with E-state index in [1.165, 1.54) is 11.8 Å². The topological polar surface area (TPSA) is 68.5 Å². The Hall–Kier alpha value is -2.63. The van der Waals surface area contributed by atoms with E-state index in [0.29, 0.717) is 11.5 Å². The fraction of sp³-hybridized carbons (Fsp3) is 0.421. The number of hydrogen-bond donors (Lipinski definition) is 0. The lowest BCUT2D eigenvalue weighted by Crippen LogP contribution is -2.34. The molecule has 2 heterocycles. The molecule has 0 amide bonds. The van der Waals surface area contributed by atoms with Gasteiger partial charge in [0.1, 0.15) is 17.8 Å². The van der Waals surface area contributed by atoms with Crippen LogP contribution in [0.15, 0.2) is 36.5 Å². The molecule has 0 bridgehead atoms. The zero-order valence-electron chi connectivity index (χ0n) is 14.6. The van der Waals surface area contributed by atoms with Crippen molar-refractivity contribution in [1.82, 2.24) is 4.98 Å². The van der Waals surface area contributed by atoms with Gasteiger partial charge in [0.15, 0.2) is 0 Å². The summed E-state index contributed by atoms with van der Waals surface area (Å²) in [7, 11) is 1.69. The highest BCUT2D eigenvalue weighted by Gasteiger charge is 2.22. The molecular formula is C19H23N3O3. The van der Waals surface area contributed by atoms with Crippen LogP contribution in [-0.4, -0.2) is 30.1 Å². The zero-order chi connectivity index (χ0) is 17.8. The maximum Gasteiger partial charge on any atom is 0.290 e. The minimum Gasteiger partial charge on any atom is -0.497 e. The third kappa shape index (κ3) is 4.07. The lowest BCUT2D eigenvalue weighted by molar-refractivity contribution is -0.385. The van der Waals surface area contributed by atoms with Crippen molar-refractivity contribution in [1.29, 1.82) is 0 Å². The summed E-state index contributed by atoms with van der Waals surface area (Å²) in [6.07, 6.45) is 4.61. The first-order valence-electron chi connectivity index (χ1n) is 8.55. The highest BCUT2D eigenvalue weighted by molar-refractivity contribution is 5.48. The van der Waals surface area contributed by atoms with Crippen molar-refractivity contribution in [3.63, 3.8) is 0 Å². The second kappa shape index (κ2) is 7.51. The number of pyridine rings is 1. The molecule has 0 aliphatic carbocycles. The van der Waals surface area contributed by atoms with Gasteiger partial charge in [0.2, 0.25) is 0 Å².